The van der Waals surface area contributed by atoms with Gasteiger partial charge in [-0.15, -0.1) is 0 Å². The fraction of sp³-hybridized carbons (Fsp3) is 0.0435. The molecule has 0 aliphatic rings. The van der Waals surface area contributed by atoms with Crippen molar-refractivity contribution in [2.45, 2.75) is 6.61 Å². The third-order valence-electron chi connectivity index (χ3n) is 4.23. The number of fused-ring (bicyclic) bond motifs is 1. The van der Waals surface area contributed by atoms with Gasteiger partial charge in [-0.3, -0.25) is 0 Å². The zero-order valence-electron chi connectivity index (χ0n) is 13.4. The Kier molecular flexibility index (Phi) is 3.99. The largest absolute Gasteiger partial charge is 0.488 e. The second-order valence-electron chi connectivity index (χ2n) is 5.79. The van der Waals surface area contributed by atoms with Gasteiger partial charge in [-0.1, -0.05) is 91.0 Å². The van der Waals surface area contributed by atoms with E-state index in [1.54, 1.807) is 0 Å². The SMILES string of the molecule is c1ccc(-c2ccccc2COc2cccc3ccccc23)cc1. The summed E-state index contributed by atoms with van der Waals surface area (Å²) >= 11 is 0. The molecule has 1 heteroatoms. The first-order valence-corrected chi connectivity index (χ1v) is 8.16. The maximum absolute atomic E-state index is 6.17. The summed E-state index contributed by atoms with van der Waals surface area (Å²) in [5.74, 6) is 0.927. The molecule has 4 rings (SSSR count). The van der Waals surface area contributed by atoms with Gasteiger partial charge in [-0.05, 0) is 28.1 Å². The highest BCUT2D eigenvalue weighted by Crippen LogP contribution is 2.28. The van der Waals surface area contributed by atoms with E-state index in [4.69, 9.17) is 4.74 Å². The molecule has 0 unspecified atom stereocenters. The molecular formula is C23H18O. The first-order chi connectivity index (χ1) is 11.9. The summed E-state index contributed by atoms with van der Waals surface area (Å²) in [7, 11) is 0. The van der Waals surface area contributed by atoms with Crippen molar-refractivity contribution >= 4 is 10.8 Å². The smallest absolute Gasteiger partial charge is 0.127 e. The molecule has 0 spiro atoms. The first-order valence-electron chi connectivity index (χ1n) is 8.16. The Morgan fingerprint density at radius 3 is 2.21 bits per heavy atom. The predicted molar refractivity (Wildman–Crippen MR) is 100 cm³/mol. The zero-order valence-corrected chi connectivity index (χ0v) is 13.4. The fourth-order valence-electron chi connectivity index (χ4n) is 3.02. The molecule has 116 valence electrons. The minimum Gasteiger partial charge on any atom is -0.488 e. The van der Waals surface area contributed by atoms with Gasteiger partial charge in [0.15, 0.2) is 0 Å². The Balaban J connectivity index is 1.65. The van der Waals surface area contributed by atoms with Crippen LogP contribution in [-0.2, 0) is 6.61 Å². The van der Waals surface area contributed by atoms with Crippen molar-refractivity contribution in [1.29, 1.82) is 0 Å². The minimum absolute atomic E-state index is 0.555. The topological polar surface area (TPSA) is 9.23 Å². The molecule has 0 aliphatic carbocycles. The highest BCUT2D eigenvalue weighted by molar-refractivity contribution is 5.88. The van der Waals surface area contributed by atoms with Gasteiger partial charge in [-0.2, -0.15) is 0 Å². The molecule has 0 aliphatic heterocycles. The first kappa shape index (κ1) is 14.5. The predicted octanol–water partition coefficient (Wildman–Crippen LogP) is 6.09. The molecule has 0 heterocycles. The normalized spacial score (nSPS) is 10.7. The molecule has 0 atom stereocenters. The van der Waals surface area contributed by atoms with Crippen molar-refractivity contribution in [1.82, 2.24) is 0 Å². The van der Waals surface area contributed by atoms with Crippen LogP contribution in [0.3, 0.4) is 0 Å². The summed E-state index contributed by atoms with van der Waals surface area (Å²) < 4.78 is 6.17. The van der Waals surface area contributed by atoms with Crippen LogP contribution in [0.2, 0.25) is 0 Å². The number of hydrogen-bond acceptors (Lipinski definition) is 1. The highest BCUT2D eigenvalue weighted by atomic mass is 16.5. The van der Waals surface area contributed by atoms with E-state index in [0.717, 1.165) is 11.1 Å². The van der Waals surface area contributed by atoms with Gasteiger partial charge in [-0.25, -0.2) is 0 Å². The van der Waals surface area contributed by atoms with Crippen LogP contribution < -0.4 is 4.74 Å². The molecule has 0 fully saturated rings. The maximum atomic E-state index is 6.17. The molecule has 0 radical (unpaired) electrons. The van der Waals surface area contributed by atoms with Crippen molar-refractivity contribution in [3.63, 3.8) is 0 Å². The Morgan fingerprint density at radius 1 is 0.583 bits per heavy atom. The summed E-state index contributed by atoms with van der Waals surface area (Å²) in [5, 5.41) is 2.35. The number of hydrogen-bond donors (Lipinski definition) is 0. The van der Waals surface area contributed by atoms with Crippen molar-refractivity contribution in [3.8, 4) is 16.9 Å². The van der Waals surface area contributed by atoms with E-state index < -0.39 is 0 Å². The molecule has 0 N–H and O–H groups in total. The third-order valence-corrected chi connectivity index (χ3v) is 4.23. The van der Waals surface area contributed by atoms with Crippen LogP contribution in [0.15, 0.2) is 97.1 Å². The zero-order chi connectivity index (χ0) is 16.2. The van der Waals surface area contributed by atoms with Gasteiger partial charge in [0, 0.05) is 5.39 Å². The third kappa shape index (κ3) is 2.89. The van der Waals surface area contributed by atoms with E-state index in [1.165, 1.54) is 22.1 Å². The molecule has 24 heavy (non-hydrogen) atoms. The molecule has 0 amide bonds. The van der Waals surface area contributed by atoms with Crippen molar-refractivity contribution < 1.29 is 4.74 Å². The van der Waals surface area contributed by atoms with Crippen molar-refractivity contribution in [2.75, 3.05) is 0 Å². The van der Waals surface area contributed by atoms with Gasteiger partial charge in [0.1, 0.15) is 12.4 Å². The van der Waals surface area contributed by atoms with E-state index in [2.05, 4.69) is 72.8 Å². The molecule has 0 saturated heterocycles. The van der Waals surface area contributed by atoms with Gasteiger partial charge < -0.3 is 4.74 Å². The summed E-state index contributed by atoms with van der Waals surface area (Å²) in [6, 6.07) is 33.4. The number of rotatable bonds is 4. The van der Waals surface area contributed by atoms with E-state index in [0.29, 0.717) is 6.61 Å². The van der Waals surface area contributed by atoms with E-state index in [-0.39, 0.29) is 0 Å². The summed E-state index contributed by atoms with van der Waals surface area (Å²) in [5.41, 5.74) is 3.63. The average Bonchev–Trinajstić information content (AvgIpc) is 2.67. The van der Waals surface area contributed by atoms with Crippen LogP contribution in [0.25, 0.3) is 21.9 Å². The molecule has 0 bridgehead atoms. The minimum atomic E-state index is 0.555. The van der Waals surface area contributed by atoms with Gasteiger partial charge >= 0.3 is 0 Å². The molecule has 4 aromatic rings. The fourth-order valence-corrected chi connectivity index (χ4v) is 3.02. The lowest BCUT2D eigenvalue weighted by Crippen LogP contribution is -1.98. The standard InChI is InChI=1S/C23H18O/c1-2-9-18(10-3-1)21-14-6-5-12-20(21)17-24-23-16-8-13-19-11-4-7-15-22(19)23/h1-16H,17H2. The molecule has 0 saturated carbocycles. The quantitative estimate of drug-likeness (QED) is 0.443. The highest BCUT2D eigenvalue weighted by Gasteiger charge is 2.06. The summed E-state index contributed by atoms with van der Waals surface area (Å²) in [4.78, 5) is 0. The van der Waals surface area contributed by atoms with Gasteiger partial charge in [0.2, 0.25) is 0 Å². The summed E-state index contributed by atoms with van der Waals surface area (Å²) in [6.07, 6.45) is 0. The van der Waals surface area contributed by atoms with Crippen LogP contribution in [0.4, 0.5) is 0 Å². The lowest BCUT2D eigenvalue weighted by atomic mass is 10.0. The van der Waals surface area contributed by atoms with Crippen LogP contribution in [0.5, 0.6) is 5.75 Å². The second-order valence-corrected chi connectivity index (χ2v) is 5.79. The van der Waals surface area contributed by atoms with Gasteiger partial charge in [0.25, 0.3) is 0 Å². The number of benzene rings is 4. The van der Waals surface area contributed by atoms with Crippen LogP contribution >= 0.6 is 0 Å². The van der Waals surface area contributed by atoms with Crippen LogP contribution in [0, 0.1) is 0 Å². The molecule has 1 nitrogen and oxygen atoms in total. The van der Waals surface area contributed by atoms with E-state index in [1.807, 2.05) is 24.3 Å². The lowest BCUT2D eigenvalue weighted by Gasteiger charge is -2.13. The molecule has 4 aromatic carbocycles. The van der Waals surface area contributed by atoms with E-state index in [9.17, 15) is 0 Å². The number of ether oxygens (including phenoxy) is 1. The second kappa shape index (κ2) is 6.59. The lowest BCUT2D eigenvalue weighted by molar-refractivity contribution is 0.310. The Hall–Kier alpha value is -3.06. The van der Waals surface area contributed by atoms with Crippen LogP contribution in [-0.4, -0.2) is 0 Å². The molecule has 0 aromatic heterocycles. The van der Waals surface area contributed by atoms with Gasteiger partial charge in [0.05, 0.1) is 0 Å². The van der Waals surface area contributed by atoms with E-state index >= 15 is 0 Å². The maximum Gasteiger partial charge on any atom is 0.127 e. The van der Waals surface area contributed by atoms with Crippen molar-refractivity contribution in [3.05, 3.63) is 103 Å². The Labute approximate surface area is 142 Å². The van der Waals surface area contributed by atoms with Crippen LogP contribution in [0.1, 0.15) is 5.56 Å². The monoisotopic (exact) mass is 310 g/mol. The van der Waals surface area contributed by atoms with Crippen molar-refractivity contribution in [2.24, 2.45) is 0 Å². The molecular weight excluding hydrogens is 292 g/mol. The Morgan fingerprint density at radius 2 is 1.29 bits per heavy atom. The summed E-state index contributed by atoms with van der Waals surface area (Å²) in [6.45, 7) is 0.555. The Bertz CT molecular complexity index is 952. The average molecular weight is 310 g/mol.